The average molecular weight is 428 g/mol. The van der Waals surface area contributed by atoms with Crippen LogP contribution in [0.1, 0.15) is 18.4 Å². The maximum Gasteiger partial charge on any atom is 0.262 e. The van der Waals surface area contributed by atoms with Crippen LogP contribution >= 0.6 is 12.2 Å². The molecule has 8 heteroatoms. The molecule has 0 aliphatic carbocycles. The fourth-order valence-electron chi connectivity index (χ4n) is 3.27. The van der Waals surface area contributed by atoms with Crippen LogP contribution in [0.25, 0.3) is 10.9 Å². The number of H-pyrrole nitrogens is 1. The van der Waals surface area contributed by atoms with Gasteiger partial charge in [-0.15, -0.1) is 0 Å². The number of rotatable bonds is 9. The van der Waals surface area contributed by atoms with Crippen LogP contribution in [0.15, 0.2) is 47.3 Å². The van der Waals surface area contributed by atoms with Crippen molar-refractivity contribution in [3.63, 3.8) is 0 Å². The van der Waals surface area contributed by atoms with Gasteiger partial charge in [-0.1, -0.05) is 18.2 Å². The van der Waals surface area contributed by atoms with Crippen molar-refractivity contribution in [3.8, 4) is 11.5 Å². The number of carbonyl (C=O) groups excluding carboxylic acids is 1. The number of nitrogens with zero attached hydrogens (tertiary/aromatic N) is 1. The SMILES string of the molecule is COc1ccc(CCNC(=O)CCCn2c(=S)[nH]c3ccccc3c2=O)cc1OC. The predicted molar refractivity (Wildman–Crippen MR) is 119 cm³/mol. The summed E-state index contributed by atoms with van der Waals surface area (Å²) in [7, 11) is 3.19. The number of methoxy groups -OCH3 is 2. The molecule has 0 aliphatic rings. The van der Waals surface area contributed by atoms with Crippen LogP contribution < -0.4 is 20.3 Å². The highest BCUT2D eigenvalue weighted by Gasteiger charge is 2.08. The Bertz CT molecular complexity index is 1150. The van der Waals surface area contributed by atoms with E-state index >= 15 is 0 Å². The molecule has 0 saturated heterocycles. The third kappa shape index (κ3) is 5.07. The fourth-order valence-corrected chi connectivity index (χ4v) is 3.55. The van der Waals surface area contributed by atoms with Crippen LogP contribution in [-0.2, 0) is 17.8 Å². The van der Waals surface area contributed by atoms with Gasteiger partial charge in [0.1, 0.15) is 0 Å². The van der Waals surface area contributed by atoms with E-state index in [-0.39, 0.29) is 11.5 Å². The van der Waals surface area contributed by atoms with Crippen molar-refractivity contribution in [1.82, 2.24) is 14.9 Å². The zero-order chi connectivity index (χ0) is 21.5. The van der Waals surface area contributed by atoms with Crippen molar-refractivity contribution in [1.29, 1.82) is 0 Å². The van der Waals surface area contributed by atoms with Crippen molar-refractivity contribution in [2.75, 3.05) is 20.8 Å². The van der Waals surface area contributed by atoms with Gasteiger partial charge in [0.25, 0.3) is 5.56 Å². The summed E-state index contributed by atoms with van der Waals surface area (Å²) < 4.78 is 12.4. The molecule has 0 saturated carbocycles. The van der Waals surface area contributed by atoms with Gasteiger partial charge < -0.3 is 19.8 Å². The van der Waals surface area contributed by atoms with Gasteiger partial charge in [0.05, 0.1) is 25.1 Å². The minimum absolute atomic E-state index is 0.0563. The molecule has 7 nitrogen and oxygen atoms in total. The second kappa shape index (κ2) is 10.1. The molecular weight excluding hydrogens is 402 g/mol. The monoisotopic (exact) mass is 427 g/mol. The topological polar surface area (TPSA) is 85.4 Å². The molecule has 3 rings (SSSR count). The molecule has 2 N–H and O–H groups in total. The lowest BCUT2D eigenvalue weighted by atomic mass is 10.1. The first kappa shape index (κ1) is 21.6. The summed E-state index contributed by atoms with van der Waals surface area (Å²) in [6.45, 7) is 0.909. The molecule has 1 heterocycles. The minimum Gasteiger partial charge on any atom is -0.493 e. The Morgan fingerprint density at radius 1 is 1.13 bits per heavy atom. The summed E-state index contributed by atoms with van der Waals surface area (Å²) in [4.78, 5) is 27.8. The second-order valence-electron chi connectivity index (χ2n) is 6.83. The maximum atomic E-state index is 12.6. The number of benzene rings is 2. The second-order valence-corrected chi connectivity index (χ2v) is 7.21. The zero-order valence-corrected chi connectivity index (χ0v) is 17.9. The van der Waals surface area contributed by atoms with Crippen LogP contribution in [0, 0.1) is 4.77 Å². The number of aromatic nitrogens is 2. The van der Waals surface area contributed by atoms with E-state index in [0.717, 1.165) is 11.1 Å². The molecular formula is C22H25N3O4S. The van der Waals surface area contributed by atoms with Gasteiger partial charge in [0.15, 0.2) is 16.3 Å². The molecule has 158 valence electrons. The van der Waals surface area contributed by atoms with Gasteiger partial charge in [0, 0.05) is 19.5 Å². The first-order valence-electron chi connectivity index (χ1n) is 9.73. The first-order chi connectivity index (χ1) is 14.5. The number of nitrogens with one attached hydrogen (secondary N) is 2. The Hall–Kier alpha value is -3.13. The number of carbonyl (C=O) groups is 1. The van der Waals surface area contributed by atoms with Crippen LogP contribution in [0.4, 0.5) is 0 Å². The Balaban J connectivity index is 1.49. The largest absolute Gasteiger partial charge is 0.493 e. The molecule has 1 amide bonds. The van der Waals surface area contributed by atoms with E-state index in [1.807, 2.05) is 36.4 Å². The molecule has 3 aromatic rings. The summed E-state index contributed by atoms with van der Waals surface area (Å²) in [5.74, 6) is 1.28. The zero-order valence-electron chi connectivity index (χ0n) is 17.1. The normalized spacial score (nSPS) is 10.7. The van der Waals surface area contributed by atoms with Gasteiger partial charge in [-0.3, -0.25) is 14.2 Å². The first-order valence-corrected chi connectivity index (χ1v) is 10.1. The fraction of sp³-hybridized carbons (Fsp3) is 0.318. The summed E-state index contributed by atoms with van der Waals surface area (Å²) in [5.41, 5.74) is 1.63. The van der Waals surface area contributed by atoms with Crippen molar-refractivity contribution in [3.05, 3.63) is 63.2 Å². The highest BCUT2D eigenvalue weighted by atomic mass is 32.1. The Kier molecular flexibility index (Phi) is 7.24. The lowest BCUT2D eigenvalue weighted by molar-refractivity contribution is -0.121. The van der Waals surface area contributed by atoms with Crippen molar-refractivity contribution >= 4 is 29.0 Å². The molecule has 0 fully saturated rings. The lowest BCUT2D eigenvalue weighted by Crippen LogP contribution is -2.27. The van der Waals surface area contributed by atoms with Gasteiger partial charge in [-0.2, -0.15) is 0 Å². The minimum atomic E-state index is -0.136. The van der Waals surface area contributed by atoms with E-state index in [2.05, 4.69) is 10.3 Å². The molecule has 0 radical (unpaired) electrons. The van der Waals surface area contributed by atoms with E-state index < -0.39 is 0 Å². The molecule has 0 unspecified atom stereocenters. The molecule has 30 heavy (non-hydrogen) atoms. The lowest BCUT2D eigenvalue weighted by Gasteiger charge is -2.10. The maximum absolute atomic E-state index is 12.6. The number of ether oxygens (including phenoxy) is 2. The quantitative estimate of drug-likeness (QED) is 0.512. The molecule has 0 aliphatic heterocycles. The average Bonchev–Trinajstić information content (AvgIpc) is 2.75. The van der Waals surface area contributed by atoms with Crippen LogP contribution in [0.5, 0.6) is 11.5 Å². The Labute approximate surface area is 179 Å². The van der Waals surface area contributed by atoms with Gasteiger partial charge in [-0.25, -0.2) is 0 Å². The van der Waals surface area contributed by atoms with E-state index in [0.29, 0.717) is 54.0 Å². The van der Waals surface area contributed by atoms with Crippen LogP contribution in [-0.4, -0.2) is 36.2 Å². The predicted octanol–water partition coefficient (Wildman–Crippen LogP) is 3.22. The number of hydrogen-bond acceptors (Lipinski definition) is 5. The molecule has 0 spiro atoms. The van der Waals surface area contributed by atoms with Gasteiger partial charge >= 0.3 is 0 Å². The van der Waals surface area contributed by atoms with E-state index in [9.17, 15) is 9.59 Å². The molecule has 0 bridgehead atoms. The third-order valence-electron chi connectivity index (χ3n) is 4.86. The number of aromatic amines is 1. The summed E-state index contributed by atoms with van der Waals surface area (Å²) in [5, 5.41) is 3.50. The van der Waals surface area contributed by atoms with Gasteiger partial charge in [-0.05, 0) is 54.9 Å². The van der Waals surface area contributed by atoms with Crippen LogP contribution in [0.3, 0.4) is 0 Å². The number of amides is 1. The van der Waals surface area contributed by atoms with Crippen molar-refractivity contribution < 1.29 is 14.3 Å². The Morgan fingerprint density at radius 3 is 2.67 bits per heavy atom. The highest BCUT2D eigenvalue weighted by Crippen LogP contribution is 2.27. The third-order valence-corrected chi connectivity index (χ3v) is 5.18. The number of hydrogen-bond donors (Lipinski definition) is 2. The number of para-hydroxylation sites is 1. The molecule has 1 aromatic heterocycles. The molecule has 0 atom stereocenters. The highest BCUT2D eigenvalue weighted by molar-refractivity contribution is 7.71. The van der Waals surface area contributed by atoms with Crippen molar-refractivity contribution in [2.45, 2.75) is 25.8 Å². The Morgan fingerprint density at radius 2 is 1.90 bits per heavy atom. The smallest absolute Gasteiger partial charge is 0.262 e. The van der Waals surface area contributed by atoms with Gasteiger partial charge in [0.2, 0.25) is 5.91 Å². The van der Waals surface area contributed by atoms with E-state index in [1.54, 1.807) is 20.3 Å². The summed E-state index contributed by atoms with van der Waals surface area (Å²) >= 11 is 5.30. The summed E-state index contributed by atoms with van der Waals surface area (Å²) in [6, 6.07) is 12.9. The standard InChI is InChI=1S/C22H25N3O4S/c1-28-18-10-9-15(14-19(18)29-2)11-12-23-20(26)8-5-13-25-21(27)16-6-3-4-7-17(16)24-22(25)30/h3-4,6-7,9-10,14H,5,8,11-13H2,1-2H3,(H,23,26)(H,24,30). The van der Waals surface area contributed by atoms with Crippen LogP contribution in [0.2, 0.25) is 0 Å². The molecule has 2 aromatic carbocycles. The van der Waals surface area contributed by atoms with Crippen molar-refractivity contribution in [2.24, 2.45) is 0 Å². The number of fused-ring (bicyclic) bond motifs is 1. The van der Waals surface area contributed by atoms with E-state index in [4.69, 9.17) is 21.7 Å². The van der Waals surface area contributed by atoms with E-state index in [1.165, 1.54) is 4.57 Å². The summed E-state index contributed by atoms with van der Waals surface area (Å²) in [6.07, 6.45) is 1.53.